The van der Waals surface area contributed by atoms with Gasteiger partial charge in [0.1, 0.15) is 6.61 Å². The van der Waals surface area contributed by atoms with E-state index in [1.54, 1.807) is 7.11 Å². The maximum atomic E-state index is 6.08. The normalized spacial score (nSPS) is 15.0. The van der Waals surface area contributed by atoms with Gasteiger partial charge in [-0.25, -0.2) is 0 Å². The molecule has 0 spiro atoms. The zero-order chi connectivity index (χ0) is 18.2. The first-order chi connectivity index (χ1) is 12.8. The molecule has 0 aliphatic carbocycles. The molecule has 0 N–H and O–H groups in total. The first-order valence-corrected chi connectivity index (χ1v) is 9.40. The molecule has 0 unspecified atom stereocenters. The van der Waals surface area contributed by atoms with E-state index >= 15 is 0 Å². The van der Waals surface area contributed by atoms with Crippen molar-refractivity contribution < 1.29 is 14.2 Å². The van der Waals surface area contributed by atoms with Crippen LogP contribution in [-0.4, -0.2) is 44.9 Å². The molecular weight excluding hydrogens is 326 g/mol. The van der Waals surface area contributed by atoms with Crippen molar-refractivity contribution >= 4 is 0 Å². The molecule has 1 aliphatic rings. The van der Waals surface area contributed by atoms with Crippen LogP contribution in [-0.2, 0) is 17.8 Å². The van der Waals surface area contributed by atoms with Crippen LogP contribution in [0.3, 0.4) is 0 Å². The molecule has 0 atom stereocenters. The SMILES string of the molecule is COc1ccc(CCCN2CCOCC2)cc1OCc1ccccc1C. The first kappa shape index (κ1) is 18.7. The minimum atomic E-state index is 0.556. The minimum Gasteiger partial charge on any atom is -0.493 e. The van der Waals surface area contributed by atoms with E-state index in [0.29, 0.717) is 6.61 Å². The van der Waals surface area contributed by atoms with Gasteiger partial charge in [0.2, 0.25) is 0 Å². The fourth-order valence-electron chi connectivity index (χ4n) is 3.25. The highest BCUT2D eigenvalue weighted by molar-refractivity contribution is 5.43. The second kappa shape index (κ2) is 9.60. The third kappa shape index (κ3) is 5.23. The second-order valence-electron chi connectivity index (χ2n) is 6.76. The Balaban J connectivity index is 1.57. The van der Waals surface area contributed by atoms with E-state index in [0.717, 1.165) is 57.2 Å². The number of ether oxygens (including phenoxy) is 3. The fraction of sp³-hybridized carbons (Fsp3) is 0.455. The number of nitrogens with zero attached hydrogens (tertiary/aromatic N) is 1. The summed E-state index contributed by atoms with van der Waals surface area (Å²) in [7, 11) is 1.69. The van der Waals surface area contributed by atoms with Gasteiger partial charge in [0.05, 0.1) is 20.3 Å². The highest BCUT2D eigenvalue weighted by Crippen LogP contribution is 2.29. The molecule has 26 heavy (non-hydrogen) atoms. The summed E-state index contributed by atoms with van der Waals surface area (Å²) in [5.41, 5.74) is 3.74. The summed E-state index contributed by atoms with van der Waals surface area (Å²) in [5, 5.41) is 0. The number of hydrogen-bond acceptors (Lipinski definition) is 4. The molecule has 2 aromatic rings. The quantitative estimate of drug-likeness (QED) is 0.720. The van der Waals surface area contributed by atoms with Crippen molar-refractivity contribution in [2.45, 2.75) is 26.4 Å². The lowest BCUT2D eigenvalue weighted by molar-refractivity contribution is 0.0374. The zero-order valence-corrected chi connectivity index (χ0v) is 15.9. The Morgan fingerprint density at radius 2 is 1.85 bits per heavy atom. The molecule has 1 heterocycles. The van der Waals surface area contributed by atoms with Crippen LogP contribution in [0.2, 0.25) is 0 Å². The Hall–Kier alpha value is -2.04. The molecule has 1 saturated heterocycles. The molecular formula is C22H29NO3. The van der Waals surface area contributed by atoms with E-state index in [4.69, 9.17) is 14.2 Å². The third-order valence-corrected chi connectivity index (χ3v) is 4.92. The summed E-state index contributed by atoms with van der Waals surface area (Å²) in [4.78, 5) is 2.47. The Kier molecular flexibility index (Phi) is 6.92. The van der Waals surface area contributed by atoms with Gasteiger partial charge < -0.3 is 14.2 Å². The van der Waals surface area contributed by atoms with Crippen LogP contribution in [0.15, 0.2) is 42.5 Å². The van der Waals surface area contributed by atoms with E-state index in [1.165, 1.54) is 16.7 Å². The summed E-state index contributed by atoms with van der Waals surface area (Å²) in [6, 6.07) is 14.6. The maximum absolute atomic E-state index is 6.08. The minimum absolute atomic E-state index is 0.556. The van der Waals surface area contributed by atoms with Crippen molar-refractivity contribution in [3.63, 3.8) is 0 Å². The van der Waals surface area contributed by atoms with Crippen molar-refractivity contribution in [2.24, 2.45) is 0 Å². The van der Waals surface area contributed by atoms with Gasteiger partial charge >= 0.3 is 0 Å². The Morgan fingerprint density at radius 1 is 1.04 bits per heavy atom. The molecule has 0 amide bonds. The molecule has 0 saturated carbocycles. The molecule has 2 aromatic carbocycles. The van der Waals surface area contributed by atoms with E-state index in [-0.39, 0.29) is 0 Å². The first-order valence-electron chi connectivity index (χ1n) is 9.40. The summed E-state index contributed by atoms with van der Waals surface area (Å²) in [6.45, 7) is 7.60. The second-order valence-corrected chi connectivity index (χ2v) is 6.76. The summed E-state index contributed by atoms with van der Waals surface area (Å²) < 4.78 is 17.0. The average Bonchev–Trinajstić information content (AvgIpc) is 2.68. The van der Waals surface area contributed by atoms with Crippen LogP contribution in [0.4, 0.5) is 0 Å². The van der Waals surface area contributed by atoms with Gasteiger partial charge in [0, 0.05) is 13.1 Å². The molecule has 1 aliphatic heterocycles. The highest BCUT2D eigenvalue weighted by atomic mass is 16.5. The van der Waals surface area contributed by atoms with Crippen LogP contribution in [0, 0.1) is 6.92 Å². The van der Waals surface area contributed by atoms with E-state index in [2.05, 4.69) is 42.2 Å². The van der Waals surface area contributed by atoms with Crippen LogP contribution in [0.1, 0.15) is 23.1 Å². The van der Waals surface area contributed by atoms with Gasteiger partial charge in [0.25, 0.3) is 0 Å². The van der Waals surface area contributed by atoms with Gasteiger partial charge in [-0.05, 0) is 55.1 Å². The number of morpholine rings is 1. The molecule has 4 heteroatoms. The Bertz CT molecular complexity index is 696. The van der Waals surface area contributed by atoms with Gasteiger partial charge in [-0.1, -0.05) is 30.3 Å². The van der Waals surface area contributed by atoms with Crippen LogP contribution >= 0.6 is 0 Å². The van der Waals surface area contributed by atoms with Crippen LogP contribution in [0.25, 0.3) is 0 Å². The van der Waals surface area contributed by atoms with Gasteiger partial charge in [-0.15, -0.1) is 0 Å². The average molecular weight is 355 g/mol. The van der Waals surface area contributed by atoms with E-state index in [9.17, 15) is 0 Å². The van der Waals surface area contributed by atoms with Gasteiger partial charge in [0.15, 0.2) is 11.5 Å². The lowest BCUT2D eigenvalue weighted by Crippen LogP contribution is -2.36. The van der Waals surface area contributed by atoms with Crippen LogP contribution in [0.5, 0.6) is 11.5 Å². The lowest BCUT2D eigenvalue weighted by atomic mass is 10.1. The van der Waals surface area contributed by atoms with Crippen molar-refractivity contribution in [3.05, 3.63) is 59.2 Å². The Morgan fingerprint density at radius 3 is 2.62 bits per heavy atom. The van der Waals surface area contributed by atoms with E-state index in [1.807, 2.05) is 12.1 Å². The zero-order valence-electron chi connectivity index (χ0n) is 15.9. The molecule has 3 rings (SSSR count). The monoisotopic (exact) mass is 355 g/mol. The standard InChI is InChI=1S/C22H29NO3/c1-18-6-3-4-8-20(18)17-26-22-16-19(9-10-21(22)24-2)7-5-11-23-12-14-25-15-13-23/h3-4,6,8-10,16H,5,7,11-15,17H2,1-2H3. The van der Waals surface area contributed by atoms with Gasteiger partial charge in [-0.2, -0.15) is 0 Å². The molecule has 0 bridgehead atoms. The molecule has 140 valence electrons. The van der Waals surface area contributed by atoms with Crippen molar-refractivity contribution in [2.75, 3.05) is 40.0 Å². The Labute approximate surface area is 156 Å². The van der Waals surface area contributed by atoms with Gasteiger partial charge in [-0.3, -0.25) is 4.90 Å². The number of hydrogen-bond donors (Lipinski definition) is 0. The summed E-state index contributed by atoms with van der Waals surface area (Å²) in [5.74, 6) is 1.61. The number of methoxy groups -OCH3 is 1. The summed E-state index contributed by atoms with van der Waals surface area (Å²) >= 11 is 0. The summed E-state index contributed by atoms with van der Waals surface area (Å²) in [6.07, 6.45) is 2.19. The highest BCUT2D eigenvalue weighted by Gasteiger charge is 2.11. The fourth-order valence-corrected chi connectivity index (χ4v) is 3.25. The lowest BCUT2D eigenvalue weighted by Gasteiger charge is -2.26. The number of rotatable bonds is 8. The van der Waals surface area contributed by atoms with Crippen molar-refractivity contribution in [1.82, 2.24) is 4.90 Å². The third-order valence-electron chi connectivity index (χ3n) is 4.92. The van der Waals surface area contributed by atoms with Crippen molar-refractivity contribution in [3.8, 4) is 11.5 Å². The number of aryl methyl sites for hydroxylation is 2. The van der Waals surface area contributed by atoms with Crippen LogP contribution < -0.4 is 9.47 Å². The topological polar surface area (TPSA) is 30.9 Å². The largest absolute Gasteiger partial charge is 0.493 e. The molecule has 0 radical (unpaired) electrons. The maximum Gasteiger partial charge on any atom is 0.161 e. The molecule has 1 fully saturated rings. The predicted molar refractivity (Wildman–Crippen MR) is 104 cm³/mol. The number of benzene rings is 2. The molecule has 0 aromatic heterocycles. The smallest absolute Gasteiger partial charge is 0.161 e. The van der Waals surface area contributed by atoms with Crippen molar-refractivity contribution in [1.29, 1.82) is 0 Å². The van der Waals surface area contributed by atoms with E-state index < -0.39 is 0 Å². The molecule has 4 nitrogen and oxygen atoms in total. The predicted octanol–water partition coefficient (Wildman–Crippen LogP) is 3.85.